The van der Waals surface area contributed by atoms with E-state index < -0.39 is 21.7 Å². The van der Waals surface area contributed by atoms with E-state index in [2.05, 4.69) is 0 Å². The highest BCUT2D eigenvalue weighted by molar-refractivity contribution is 7.91. The Kier molecular flexibility index (Phi) is 4.83. The molecule has 0 radical (unpaired) electrons. The van der Waals surface area contributed by atoms with E-state index in [0.717, 1.165) is 0 Å². The molecule has 0 saturated carbocycles. The first kappa shape index (κ1) is 15.4. The van der Waals surface area contributed by atoms with Gasteiger partial charge in [-0.05, 0) is 24.6 Å². The lowest BCUT2D eigenvalue weighted by atomic mass is 9.94. The lowest BCUT2D eigenvalue weighted by molar-refractivity contribution is -0.140. The molecule has 0 saturated heterocycles. The zero-order valence-corrected chi connectivity index (χ0v) is 11.6. The van der Waals surface area contributed by atoms with E-state index in [-0.39, 0.29) is 22.9 Å². The largest absolute Gasteiger partial charge is 0.481 e. The van der Waals surface area contributed by atoms with Crippen molar-refractivity contribution in [2.24, 2.45) is 0 Å². The van der Waals surface area contributed by atoms with E-state index in [1.807, 2.05) is 0 Å². The van der Waals surface area contributed by atoms with E-state index in [1.165, 1.54) is 31.2 Å². The Morgan fingerprint density at radius 1 is 1.21 bits per heavy atom. The molecule has 1 atom stereocenters. The van der Waals surface area contributed by atoms with E-state index in [0.29, 0.717) is 5.56 Å². The van der Waals surface area contributed by atoms with Gasteiger partial charge in [0.1, 0.15) is 5.78 Å². The number of rotatable bonds is 6. The van der Waals surface area contributed by atoms with Crippen LogP contribution in [0.1, 0.15) is 31.7 Å². The summed E-state index contributed by atoms with van der Waals surface area (Å²) in [4.78, 5) is 22.3. The summed E-state index contributed by atoms with van der Waals surface area (Å²) in [5.41, 5.74) is 0.428. The standard InChI is InChI=1S/C13H16O5S/c1-3-19(17,18)11-6-4-10(5-7-11)12(13(15)16)8-9(2)14/h4-7,12H,3,8H2,1-2H3,(H,15,16). The fraction of sp³-hybridized carbons (Fsp3) is 0.385. The molecule has 0 aliphatic rings. The molecule has 0 aliphatic heterocycles. The van der Waals surface area contributed by atoms with Gasteiger partial charge in [0, 0.05) is 6.42 Å². The number of hydrogen-bond donors (Lipinski definition) is 1. The molecule has 0 amide bonds. The quantitative estimate of drug-likeness (QED) is 0.857. The average Bonchev–Trinajstić information content (AvgIpc) is 2.35. The third-order valence-electron chi connectivity index (χ3n) is 2.81. The van der Waals surface area contributed by atoms with Gasteiger partial charge in [0.25, 0.3) is 0 Å². The number of carboxylic acids is 1. The monoisotopic (exact) mass is 284 g/mol. The van der Waals surface area contributed by atoms with Gasteiger partial charge in [-0.25, -0.2) is 8.42 Å². The molecule has 1 rings (SSSR count). The number of sulfone groups is 1. The third kappa shape index (κ3) is 3.89. The fourth-order valence-corrected chi connectivity index (χ4v) is 2.59. The van der Waals surface area contributed by atoms with Crippen LogP contribution in [0.2, 0.25) is 0 Å². The van der Waals surface area contributed by atoms with Crippen molar-refractivity contribution in [1.29, 1.82) is 0 Å². The van der Waals surface area contributed by atoms with Crippen LogP contribution in [-0.2, 0) is 19.4 Å². The molecular formula is C13H16O5S. The molecule has 1 aromatic rings. The molecule has 0 aliphatic carbocycles. The van der Waals surface area contributed by atoms with Crippen LogP contribution in [0, 0.1) is 0 Å². The smallest absolute Gasteiger partial charge is 0.311 e. The molecule has 104 valence electrons. The Morgan fingerprint density at radius 2 is 1.74 bits per heavy atom. The van der Waals surface area contributed by atoms with Gasteiger partial charge in [-0.2, -0.15) is 0 Å². The lowest BCUT2D eigenvalue weighted by Gasteiger charge is -2.11. The molecule has 0 spiro atoms. The highest BCUT2D eigenvalue weighted by atomic mass is 32.2. The molecule has 6 heteroatoms. The van der Waals surface area contributed by atoms with Crippen LogP contribution in [0.3, 0.4) is 0 Å². The van der Waals surface area contributed by atoms with Gasteiger partial charge in [0.2, 0.25) is 0 Å². The molecular weight excluding hydrogens is 268 g/mol. The van der Waals surface area contributed by atoms with Gasteiger partial charge in [-0.1, -0.05) is 19.1 Å². The Morgan fingerprint density at radius 3 is 2.11 bits per heavy atom. The molecule has 0 heterocycles. The van der Waals surface area contributed by atoms with Crippen molar-refractivity contribution in [1.82, 2.24) is 0 Å². The number of hydrogen-bond acceptors (Lipinski definition) is 4. The Labute approximate surface area is 112 Å². The predicted octanol–water partition coefficient (Wildman–Crippen LogP) is 1.63. The number of carboxylic acid groups (broad SMARTS) is 1. The van der Waals surface area contributed by atoms with Crippen LogP contribution < -0.4 is 0 Å². The number of carbonyl (C=O) groups excluding carboxylic acids is 1. The van der Waals surface area contributed by atoms with Gasteiger partial charge >= 0.3 is 5.97 Å². The molecule has 1 aromatic carbocycles. The van der Waals surface area contributed by atoms with Crippen molar-refractivity contribution in [3.8, 4) is 0 Å². The first-order chi connectivity index (χ1) is 8.77. The summed E-state index contributed by atoms with van der Waals surface area (Å²) in [6, 6.07) is 5.66. The SMILES string of the molecule is CCS(=O)(=O)c1ccc(C(CC(C)=O)C(=O)O)cc1. The topological polar surface area (TPSA) is 88.5 Å². The fourth-order valence-electron chi connectivity index (χ4n) is 1.71. The average molecular weight is 284 g/mol. The molecule has 5 nitrogen and oxygen atoms in total. The summed E-state index contributed by atoms with van der Waals surface area (Å²) in [6.45, 7) is 2.87. The summed E-state index contributed by atoms with van der Waals surface area (Å²) in [5, 5.41) is 9.08. The number of benzene rings is 1. The van der Waals surface area contributed by atoms with Crippen LogP contribution in [0.5, 0.6) is 0 Å². The second-order valence-corrected chi connectivity index (χ2v) is 6.55. The Balaban J connectivity index is 3.09. The van der Waals surface area contributed by atoms with E-state index in [1.54, 1.807) is 6.92 Å². The molecule has 0 fully saturated rings. The maximum absolute atomic E-state index is 11.6. The van der Waals surface area contributed by atoms with E-state index in [9.17, 15) is 18.0 Å². The van der Waals surface area contributed by atoms with Gasteiger partial charge in [0.15, 0.2) is 9.84 Å². The maximum atomic E-state index is 11.6. The first-order valence-electron chi connectivity index (χ1n) is 5.83. The van der Waals surface area contributed by atoms with Crippen LogP contribution >= 0.6 is 0 Å². The minimum absolute atomic E-state index is 0.0118. The zero-order chi connectivity index (χ0) is 14.6. The highest BCUT2D eigenvalue weighted by Gasteiger charge is 2.22. The maximum Gasteiger partial charge on any atom is 0.311 e. The predicted molar refractivity (Wildman–Crippen MR) is 69.8 cm³/mol. The second-order valence-electron chi connectivity index (χ2n) is 4.27. The third-order valence-corrected chi connectivity index (χ3v) is 4.56. The van der Waals surface area contributed by atoms with Gasteiger partial charge in [-0.3, -0.25) is 9.59 Å². The van der Waals surface area contributed by atoms with Crippen molar-refractivity contribution in [3.05, 3.63) is 29.8 Å². The van der Waals surface area contributed by atoms with Gasteiger partial charge < -0.3 is 5.11 Å². The highest BCUT2D eigenvalue weighted by Crippen LogP contribution is 2.22. The van der Waals surface area contributed by atoms with E-state index in [4.69, 9.17) is 5.11 Å². The minimum Gasteiger partial charge on any atom is -0.481 e. The van der Waals surface area contributed by atoms with Crippen molar-refractivity contribution >= 4 is 21.6 Å². The van der Waals surface area contributed by atoms with Crippen LogP contribution in [0.4, 0.5) is 0 Å². The van der Waals surface area contributed by atoms with E-state index >= 15 is 0 Å². The molecule has 0 bridgehead atoms. The zero-order valence-electron chi connectivity index (χ0n) is 10.8. The van der Waals surface area contributed by atoms with Crippen LogP contribution in [0.15, 0.2) is 29.2 Å². The second kappa shape index (κ2) is 5.97. The van der Waals surface area contributed by atoms with Crippen LogP contribution in [-0.4, -0.2) is 31.0 Å². The molecule has 19 heavy (non-hydrogen) atoms. The molecule has 1 unspecified atom stereocenters. The number of carbonyl (C=O) groups is 2. The number of ketones is 1. The van der Waals surface area contributed by atoms with Gasteiger partial charge in [-0.15, -0.1) is 0 Å². The van der Waals surface area contributed by atoms with Crippen molar-refractivity contribution in [2.45, 2.75) is 31.1 Å². The lowest BCUT2D eigenvalue weighted by Crippen LogP contribution is -2.15. The first-order valence-corrected chi connectivity index (χ1v) is 7.48. The summed E-state index contributed by atoms with van der Waals surface area (Å²) >= 11 is 0. The van der Waals surface area contributed by atoms with Crippen molar-refractivity contribution in [2.75, 3.05) is 5.75 Å². The normalized spacial score (nSPS) is 12.9. The summed E-state index contributed by atoms with van der Waals surface area (Å²) in [5.74, 6) is -2.27. The van der Waals surface area contributed by atoms with Crippen LogP contribution in [0.25, 0.3) is 0 Å². The summed E-state index contributed by atoms with van der Waals surface area (Å²) in [6.07, 6.45) is -0.102. The Bertz CT molecular complexity index is 572. The number of Topliss-reactive ketones (excluding diaryl/α,β-unsaturated/α-hetero) is 1. The molecule has 1 N–H and O–H groups in total. The van der Waals surface area contributed by atoms with Gasteiger partial charge in [0.05, 0.1) is 16.6 Å². The number of aliphatic carboxylic acids is 1. The Hall–Kier alpha value is -1.69. The summed E-state index contributed by atoms with van der Waals surface area (Å²) in [7, 11) is -3.30. The molecule has 0 aromatic heterocycles. The minimum atomic E-state index is -3.30. The van der Waals surface area contributed by atoms with Crippen molar-refractivity contribution in [3.63, 3.8) is 0 Å². The summed E-state index contributed by atoms with van der Waals surface area (Å²) < 4.78 is 23.2. The van der Waals surface area contributed by atoms with Crippen molar-refractivity contribution < 1.29 is 23.1 Å².